The summed E-state index contributed by atoms with van der Waals surface area (Å²) in [5.74, 6) is 1.36. The van der Waals surface area contributed by atoms with Gasteiger partial charge in [-0.25, -0.2) is 18.1 Å². The Bertz CT molecular complexity index is 1270. The Morgan fingerprint density at radius 3 is 2.58 bits per heavy atom. The molecular weight excluding hydrogens is 452 g/mol. The summed E-state index contributed by atoms with van der Waals surface area (Å²) in [5, 5.41) is 9.85. The second-order valence-electron chi connectivity index (χ2n) is 9.68. The molecule has 6 nitrogen and oxygen atoms in total. The summed E-state index contributed by atoms with van der Waals surface area (Å²) in [5.41, 5.74) is 2.20. The number of hydrogen-bond donors (Lipinski definition) is 1. The highest BCUT2D eigenvalue weighted by Gasteiger charge is 2.28. The lowest BCUT2D eigenvalue weighted by Crippen LogP contribution is -2.40. The van der Waals surface area contributed by atoms with Crippen LogP contribution in [0.25, 0.3) is 11.1 Å². The average molecular weight is 485 g/mol. The van der Waals surface area contributed by atoms with E-state index in [0.29, 0.717) is 27.8 Å². The molecule has 176 valence electrons. The van der Waals surface area contributed by atoms with Crippen molar-refractivity contribution in [3.63, 3.8) is 0 Å². The number of sulfonamides is 1. The Balaban J connectivity index is 2.08. The Morgan fingerprint density at radius 2 is 1.97 bits per heavy atom. The highest BCUT2D eigenvalue weighted by molar-refractivity contribution is 7.91. The second kappa shape index (κ2) is 9.80. The fourth-order valence-corrected chi connectivity index (χ4v) is 7.11. The van der Waals surface area contributed by atoms with Gasteiger partial charge < -0.3 is 4.57 Å². The van der Waals surface area contributed by atoms with Gasteiger partial charge in [0.1, 0.15) is 10.0 Å². The first-order valence-electron chi connectivity index (χ1n) is 11.1. The lowest BCUT2D eigenvalue weighted by Gasteiger charge is -2.20. The molecule has 0 aliphatic heterocycles. The van der Waals surface area contributed by atoms with E-state index in [2.05, 4.69) is 29.6 Å². The number of imidazole rings is 1. The Morgan fingerprint density at radius 1 is 1.24 bits per heavy atom. The van der Waals surface area contributed by atoms with Gasteiger partial charge in [-0.2, -0.15) is 5.26 Å². The quantitative estimate of drug-likeness (QED) is 0.466. The number of nitrogens with zero attached hydrogens (tertiary/aromatic N) is 3. The molecule has 3 rings (SSSR count). The van der Waals surface area contributed by atoms with Gasteiger partial charge in [-0.3, -0.25) is 0 Å². The van der Waals surface area contributed by atoms with E-state index in [0.717, 1.165) is 34.7 Å². The zero-order valence-corrected chi connectivity index (χ0v) is 21.8. The highest BCUT2D eigenvalue weighted by Crippen LogP contribution is 2.37. The predicted octanol–water partition coefficient (Wildman–Crippen LogP) is 5.37. The Kier molecular flexibility index (Phi) is 7.47. The fourth-order valence-electron chi connectivity index (χ4n) is 3.74. The summed E-state index contributed by atoms with van der Waals surface area (Å²) >= 11 is 1.31. The summed E-state index contributed by atoms with van der Waals surface area (Å²) in [6.07, 6.45) is 5.28. The predicted molar refractivity (Wildman–Crippen MR) is 134 cm³/mol. The zero-order valence-electron chi connectivity index (χ0n) is 20.1. The van der Waals surface area contributed by atoms with E-state index in [9.17, 15) is 13.7 Å². The minimum atomic E-state index is -3.72. The van der Waals surface area contributed by atoms with Crippen molar-refractivity contribution in [2.75, 3.05) is 0 Å². The van der Waals surface area contributed by atoms with Gasteiger partial charge in [0.05, 0.1) is 18.2 Å². The molecule has 3 aromatic rings. The second-order valence-corrected chi connectivity index (χ2v) is 12.7. The molecule has 2 heterocycles. The molecule has 0 radical (unpaired) electrons. The van der Waals surface area contributed by atoms with Crippen LogP contribution in [-0.2, 0) is 29.4 Å². The van der Waals surface area contributed by atoms with E-state index in [4.69, 9.17) is 0 Å². The number of hydrogen-bond acceptors (Lipinski definition) is 5. The van der Waals surface area contributed by atoms with Crippen LogP contribution in [0.1, 0.15) is 63.4 Å². The molecule has 0 aliphatic carbocycles. The van der Waals surface area contributed by atoms with Gasteiger partial charge in [0.25, 0.3) is 10.0 Å². The topological polar surface area (TPSA) is 87.8 Å². The smallest absolute Gasteiger partial charge is 0.251 e. The molecule has 0 saturated carbocycles. The van der Waals surface area contributed by atoms with Crippen molar-refractivity contribution in [3.05, 3.63) is 58.5 Å². The number of nitriles is 1. The minimum absolute atomic E-state index is 0.299. The van der Waals surface area contributed by atoms with Crippen molar-refractivity contribution < 1.29 is 8.42 Å². The van der Waals surface area contributed by atoms with Crippen LogP contribution in [0.15, 0.2) is 40.9 Å². The standard InChI is InChI=1S/C25H32N4O2S2/c1-7-23-27-10-11-29(23)16-19-9-8-18(13-20(19)15-26)22-14-21(12-17(2)3)32-24(22)33(30,31)28-25(4,5)6/h8-11,13-14,17,28H,7,12,16H2,1-6H3. The third kappa shape index (κ3) is 6.11. The van der Waals surface area contributed by atoms with Gasteiger partial charge in [0.15, 0.2) is 0 Å². The van der Waals surface area contributed by atoms with Crippen LogP contribution in [0.5, 0.6) is 0 Å². The van der Waals surface area contributed by atoms with E-state index in [1.807, 2.05) is 56.7 Å². The van der Waals surface area contributed by atoms with Crippen LogP contribution in [-0.4, -0.2) is 23.5 Å². The van der Waals surface area contributed by atoms with Crippen molar-refractivity contribution in [2.45, 2.75) is 70.7 Å². The first-order chi connectivity index (χ1) is 15.4. The van der Waals surface area contributed by atoms with Gasteiger partial charge in [0, 0.05) is 34.8 Å². The first kappa shape index (κ1) is 25.2. The molecular formula is C25H32N4O2S2. The van der Waals surface area contributed by atoms with Gasteiger partial charge in [-0.1, -0.05) is 32.9 Å². The van der Waals surface area contributed by atoms with Crippen molar-refractivity contribution in [1.82, 2.24) is 14.3 Å². The van der Waals surface area contributed by atoms with Crippen LogP contribution >= 0.6 is 11.3 Å². The van der Waals surface area contributed by atoms with E-state index in [1.54, 1.807) is 12.3 Å². The molecule has 0 aliphatic rings. The Hall–Kier alpha value is -2.47. The molecule has 1 N–H and O–H groups in total. The van der Waals surface area contributed by atoms with Crippen LogP contribution in [0.4, 0.5) is 0 Å². The van der Waals surface area contributed by atoms with Gasteiger partial charge >= 0.3 is 0 Å². The molecule has 0 fully saturated rings. The molecule has 0 amide bonds. The van der Waals surface area contributed by atoms with E-state index in [-0.39, 0.29) is 0 Å². The van der Waals surface area contributed by atoms with E-state index < -0.39 is 15.6 Å². The third-order valence-corrected chi connectivity index (χ3v) is 8.49. The number of nitrogens with one attached hydrogen (secondary N) is 1. The molecule has 0 spiro atoms. The van der Waals surface area contributed by atoms with Crippen LogP contribution in [0, 0.1) is 17.2 Å². The first-order valence-corrected chi connectivity index (χ1v) is 13.4. The molecule has 8 heteroatoms. The molecule has 2 aromatic heterocycles. The molecule has 0 saturated heterocycles. The lowest BCUT2D eigenvalue weighted by molar-refractivity contribution is 0.493. The molecule has 0 bridgehead atoms. The fraction of sp³-hybridized carbons (Fsp3) is 0.440. The SMILES string of the molecule is CCc1nccn1Cc1ccc(-c2cc(CC(C)C)sc2S(=O)(=O)NC(C)(C)C)cc1C#N. The van der Waals surface area contributed by atoms with Crippen LogP contribution in [0.3, 0.4) is 0 Å². The highest BCUT2D eigenvalue weighted by atomic mass is 32.2. The monoisotopic (exact) mass is 484 g/mol. The molecule has 0 unspecified atom stereocenters. The summed E-state index contributed by atoms with van der Waals surface area (Å²) < 4.78 is 31.6. The third-order valence-electron chi connectivity index (χ3n) is 5.04. The number of benzene rings is 1. The average Bonchev–Trinajstić information content (AvgIpc) is 3.33. The van der Waals surface area contributed by atoms with Crippen molar-refractivity contribution in [1.29, 1.82) is 5.26 Å². The minimum Gasteiger partial charge on any atom is -0.330 e. The zero-order chi connectivity index (χ0) is 24.4. The molecule has 0 atom stereocenters. The number of rotatable bonds is 8. The van der Waals surface area contributed by atoms with E-state index >= 15 is 0 Å². The largest absolute Gasteiger partial charge is 0.330 e. The van der Waals surface area contributed by atoms with Crippen molar-refractivity contribution in [2.24, 2.45) is 5.92 Å². The maximum absolute atomic E-state index is 13.3. The van der Waals surface area contributed by atoms with Crippen LogP contribution < -0.4 is 4.72 Å². The summed E-state index contributed by atoms with van der Waals surface area (Å²) in [6, 6.07) is 9.89. The Labute approximate surface area is 201 Å². The maximum Gasteiger partial charge on any atom is 0.251 e. The molecule has 1 aromatic carbocycles. The van der Waals surface area contributed by atoms with Crippen molar-refractivity contribution in [3.8, 4) is 17.2 Å². The summed E-state index contributed by atoms with van der Waals surface area (Å²) in [7, 11) is -3.72. The van der Waals surface area contributed by atoms with Gasteiger partial charge in [0.2, 0.25) is 0 Å². The van der Waals surface area contributed by atoms with Crippen LogP contribution in [0.2, 0.25) is 0 Å². The van der Waals surface area contributed by atoms with Crippen molar-refractivity contribution >= 4 is 21.4 Å². The lowest BCUT2D eigenvalue weighted by atomic mass is 10.0. The summed E-state index contributed by atoms with van der Waals surface area (Å²) in [4.78, 5) is 5.37. The van der Waals surface area contributed by atoms with Gasteiger partial charge in [-0.15, -0.1) is 11.3 Å². The number of aromatic nitrogens is 2. The summed E-state index contributed by atoms with van der Waals surface area (Å²) in [6.45, 7) is 12.3. The number of thiophene rings is 1. The maximum atomic E-state index is 13.3. The van der Waals surface area contributed by atoms with E-state index in [1.165, 1.54) is 11.3 Å². The van der Waals surface area contributed by atoms with Gasteiger partial charge in [-0.05, 0) is 56.4 Å². The number of aryl methyl sites for hydroxylation is 1. The normalized spacial score (nSPS) is 12.3. The molecule has 33 heavy (non-hydrogen) atoms.